The highest BCUT2D eigenvalue weighted by atomic mass is 19.4. The molecule has 3 rings (SSSR count). The summed E-state index contributed by atoms with van der Waals surface area (Å²) in [6.07, 6.45) is -3.99. The molecule has 136 valence electrons. The molecule has 9 heteroatoms. The SMILES string of the molecule is CC1=NC(NC(=O)c2ccco2)(C(F)(F)F)C(=O)N1Cc1ccccc1. The summed E-state index contributed by atoms with van der Waals surface area (Å²) in [5.74, 6) is -3.04. The summed E-state index contributed by atoms with van der Waals surface area (Å²) >= 11 is 0. The first-order valence-corrected chi connectivity index (χ1v) is 7.60. The van der Waals surface area contributed by atoms with Gasteiger partial charge >= 0.3 is 11.8 Å². The molecular formula is C17H14F3N3O3. The lowest BCUT2D eigenvalue weighted by Gasteiger charge is -2.28. The largest absolute Gasteiger partial charge is 0.459 e. The monoisotopic (exact) mass is 365 g/mol. The minimum absolute atomic E-state index is 0.0938. The number of amidine groups is 1. The van der Waals surface area contributed by atoms with Gasteiger partial charge in [-0.15, -0.1) is 0 Å². The third-order valence-electron chi connectivity index (χ3n) is 3.91. The summed E-state index contributed by atoms with van der Waals surface area (Å²) in [7, 11) is 0. The van der Waals surface area contributed by atoms with Gasteiger partial charge < -0.3 is 9.73 Å². The van der Waals surface area contributed by atoms with E-state index in [1.54, 1.807) is 35.6 Å². The van der Waals surface area contributed by atoms with Gasteiger partial charge in [0.05, 0.1) is 12.8 Å². The molecule has 0 radical (unpaired) electrons. The van der Waals surface area contributed by atoms with Crippen molar-refractivity contribution in [2.75, 3.05) is 0 Å². The maximum atomic E-state index is 13.8. The Morgan fingerprint density at radius 3 is 2.50 bits per heavy atom. The van der Waals surface area contributed by atoms with Crippen LogP contribution in [0.3, 0.4) is 0 Å². The Bertz CT molecular complexity index is 847. The highest BCUT2D eigenvalue weighted by Crippen LogP contribution is 2.38. The third kappa shape index (κ3) is 2.96. The van der Waals surface area contributed by atoms with Gasteiger partial charge in [0.25, 0.3) is 11.8 Å². The van der Waals surface area contributed by atoms with E-state index in [1.807, 2.05) is 0 Å². The number of hydrogen-bond donors (Lipinski definition) is 1. The summed E-state index contributed by atoms with van der Waals surface area (Å²) in [5.41, 5.74) is -2.75. The van der Waals surface area contributed by atoms with E-state index in [-0.39, 0.29) is 18.1 Å². The molecule has 0 spiro atoms. The Morgan fingerprint density at radius 1 is 1.23 bits per heavy atom. The first-order chi connectivity index (χ1) is 12.2. The second kappa shape index (κ2) is 6.32. The Balaban J connectivity index is 1.93. The van der Waals surface area contributed by atoms with Gasteiger partial charge in [0, 0.05) is 0 Å². The van der Waals surface area contributed by atoms with Crippen molar-refractivity contribution in [3.63, 3.8) is 0 Å². The molecule has 1 aliphatic heterocycles. The number of alkyl halides is 3. The van der Waals surface area contributed by atoms with Gasteiger partial charge in [0.1, 0.15) is 5.84 Å². The molecule has 2 heterocycles. The van der Waals surface area contributed by atoms with Gasteiger partial charge in [-0.2, -0.15) is 13.2 Å². The number of carbonyl (C=O) groups is 2. The van der Waals surface area contributed by atoms with Crippen molar-refractivity contribution in [2.45, 2.75) is 25.3 Å². The highest BCUT2D eigenvalue weighted by Gasteiger charge is 2.66. The third-order valence-corrected chi connectivity index (χ3v) is 3.91. The van der Waals surface area contributed by atoms with Gasteiger partial charge in [0.2, 0.25) is 0 Å². The summed E-state index contributed by atoms with van der Waals surface area (Å²) in [4.78, 5) is 29.1. The molecular weight excluding hydrogens is 351 g/mol. The van der Waals surface area contributed by atoms with Crippen LogP contribution < -0.4 is 5.32 Å². The summed E-state index contributed by atoms with van der Waals surface area (Å²) < 4.78 is 46.1. The van der Waals surface area contributed by atoms with Crippen LogP contribution in [0.5, 0.6) is 0 Å². The van der Waals surface area contributed by atoms with E-state index in [4.69, 9.17) is 4.42 Å². The van der Waals surface area contributed by atoms with Crippen molar-refractivity contribution in [1.82, 2.24) is 10.2 Å². The molecule has 0 saturated heterocycles. The molecule has 0 saturated carbocycles. The molecule has 1 N–H and O–H groups in total. The van der Waals surface area contributed by atoms with E-state index < -0.39 is 23.7 Å². The molecule has 1 aliphatic rings. The second-order valence-electron chi connectivity index (χ2n) is 5.68. The Labute approximate surface area is 146 Å². The van der Waals surface area contributed by atoms with Crippen LogP contribution >= 0.6 is 0 Å². The molecule has 2 amide bonds. The maximum Gasteiger partial charge on any atom is 0.442 e. The number of carbonyl (C=O) groups excluding carboxylic acids is 2. The fourth-order valence-corrected chi connectivity index (χ4v) is 2.62. The number of halogens is 3. The van der Waals surface area contributed by atoms with Crippen molar-refractivity contribution in [3.05, 3.63) is 60.1 Å². The molecule has 1 unspecified atom stereocenters. The van der Waals surface area contributed by atoms with Crippen LogP contribution in [-0.2, 0) is 11.3 Å². The van der Waals surface area contributed by atoms with Gasteiger partial charge in [-0.05, 0) is 24.6 Å². The summed E-state index contributed by atoms with van der Waals surface area (Å²) in [6.45, 7) is 1.19. The summed E-state index contributed by atoms with van der Waals surface area (Å²) in [5, 5.41) is 1.69. The van der Waals surface area contributed by atoms with Crippen LogP contribution in [0.4, 0.5) is 13.2 Å². The Hall–Kier alpha value is -3.10. The molecule has 26 heavy (non-hydrogen) atoms. The van der Waals surface area contributed by atoms with Gasteiger partial charge in [-0.3, -0.25) is 14.5 Å². The van der Waals surface area contributed by atoms with E-state index in [9.17, 15) is 22.8 Å². The lowest BCUT2D eigenvalue weighted by molar-refractivity contribution is -0.196. The first kappa shape index (κ1) is 17.7. The lowest BCUT2D eigenvalue weighted by Crippen LogP contribution is -2.63. The first-order valence-electron chi connectivity index (χ1n) is 7.60. The number of aliphatic imine (C=N–C) groups is 1. The normalized spacial score (nSPS) is 20.2. The Morgan fingerprint density at radius 2 is 1.92 bits per heavy atom. The topological polar surface area (TPSA) is 74.9 Å². The molecule has 1 atom stereocenters. The van der Waals surface area contributed by atoms with E-state index in [2.05, 4.69) is 4.99 Å². The Kier molecular flexibility index (Phi) is 4.31. The predicted molar refractivity (Wildman–Crippen MR) is 85.1 cm³/mol. The van der Waals surface area contributed by atoms with Crippen LogP contribution in [0, 0.1) is 0 Å². The number of amides is 2. The van der Waals surface area contributed by atoms with Gasteiger partial charge in [0.15, 0.2) is 5.76 Å². The zero-order chi connectivity index (χ0) is 18.9. The quantitative estimate of drug-likeness (QED) is 0.905. The van der Waals surface area contributed by atoms with Crippen LogP contribution in [0.15, 0.2) is 58.1 Å². The number of nitrogens with one attached hydrogen (secondary N) is 1. The molecule has 6 nitrogen and oxygen atoms in total. The average Bonchev–Trinajstić information content (AvgIpc) is 3.19. The van der Waals surface area contributed by atoms with E-state index >= 15 is 0 Å². The smallest absolute Gasteiger partial charge is 0.442 e. The van der Waals surface area contributed by atoms with E-state index in [0.29, 0.717) is 5.56 Å². The van der Waals surface area contributed by atoms with Crippen LogP contribution in [-0.4, -0.2) is 34.4 Å². The number of hydrogen-bond acceptors (Lipinski definition) is 4. The fraction of sp³-hybridized carbons (Fsp3) is 0.235. The second-order valence-corrected chi connectivity index (χ2v) is 5.68. The molecule has 1 aromatic heterocycles. The molecule has 0 fully saturated rings. The van der Waals surface area contributed by atoms with Crippen molar-refractivity contribution in [2.24, 2.45) is 4.99 Å². The maximum absolute atomic E-state index is 13.8. The van der Waals surface area contributed by atoms with Crippen LogP contribution in [0.2, 0.25) is 0 Å². The number of rotatable bonds is 4. The number of benzene rings is 1. The lowest BCUT2D eigenvalue weighted by atomic mass is 10.1. The van der Waals surface area contributed by atoms with Crippen molar-refractivity contribution in [3.8, 4) is 0 Å². The average molecular weight is 365 g/mol. The predicted octanol–water partition coefficient (Wildman–Crippen LogP) is 2.73. The van der Waals surface area contributed by atoms with Gasteiger partial charge in [-0.1, -0.05) is 30.3 Å². The van der Waals surface area contributed by atoms with Crippen LogP contribution in [0.1, 0.15) is 23.0 Å². The molecule has 0 bridgehead atoms. The number of furan rings is 1. The van der Waals surface area contributed by atoms with Crippen LogP contribution in [0.25, 0.3) is 0 Å². The minimum Gasteiger partial charge on any atom is -0.459 e. The fourth-order valence-electron chi connectivity index (χ4n) is 2.62. The van der Waals surface area contributed by atoms with Crippen molar-refractivity contribution < 1.29 is 27.2 Å². The van der Waals surface area contributed by atoms with E-state index in [0.717, 1.165) is 11.2 Å². The highest BCUT2D eigenvalue weighted by molar-refractivity contribution is 6.10. The number of nitrogens with zero attached hydrogens (tertiary/aromatic N) is 2. The minimum atomic E-state index is -5.13. The van der Waals surface area contributed by atoms with Crippen molar-refractivity contribution >= 4 is 17.6 Å². The molecule has 2 aromatic rings. The summed E-state index contributed by atoms with van der Waals surface area (Å²) in [6, 6.07) is 11.1. The van der Waals surface area contributed by atoms with E-state index in [1.165, 1.54) is 19.1 Å². The zero-order valence-corrected chi connectivity index (χ0v) is 13.6. The van der Waals surface area contributed by atoms with Gasteiger partial charge in [-0.25, -0.2) is 4.99 Å². The van der Waals surface area contributed by atoms with Crippen molar-refractivity contribution in [1.29, 1.82) is 0 Å². The zero-order valence-electron chi connectivity index (χ0n) is 13.6. The molecule has 1 aromatic carbocycles. The standard InChI is InChI=1S/C17H14F3N3O3/c1-11-21-16(17(18,19)20,22-14(24)13-8-5-9-26-13)15(25)23(11)10-12-6-3-2-4-7-12/h2-9H,10H2,1H3,(H,22,24). The molecule has 0 aliphatic carbocycles.